The normalized spacial score (nSPS) is 15.9. The van der Waals surface area contributed by atoms with Crippen molar-refractivity contribution in [1.29, 1.82) is 0 Å². The van der Waals surface area contributed by atoms with Crippen molar-refractivity contribution in [3.63, 3.8) is 0 Å². The summed E-state index contributed by atoms with van der Waals surface area (Å²) in [6, 6.07) is 9.66. The number of benzene rings is 1. The first kappa shape index (κ1) is 22.0. The van der Waals surface area contributed by atoms with Crippen molar-refractivity contribution in [3.05, 3.63) is 69.6 Å². The van der Waals surface area contributed by atoms with Crippen LogP contribution in [-0.4, -0.2) is 53.5 Å². The summed E-state index contributed by atoms with van der Waals surface area (Å²) in [6.07, 6.45) is -3.57. The van der Waals surface area contributed by atoms with Crippen molar-refractivity contribution in [2.75, 3.05) is 33.2 Å². The summed E-state index contributed by atoms with van der Waals surface area (Å²) in [5, 5.41) is 2.67. The fourth-order valence-electron chi connectivity index (χ4n) is 3.39. The molecule has 1 aromatic heterocycles. The van der Waals surface area contributed by atoms with Gasteiger partial charge in [0.25, 0.3) is 5.56 Å². The molecule has 0 bridgehead atoms. The third kappa shape index (κ3) is 5.93. The van der Waals surface area contributed by atoms with Gasteiger partial charge in [0.15, 0.2) is 0 Å². The highest BCUT2D eigenvalue weighted by Crippen LogP contribution is 2.25. The largest absolute Gasteiger partial charge is 0.421 e. The van der Waals surface area contributed by atoms with Gasteiger partial charge in [0.05, 0.1) is 0 Å². The van der Waals surface area contributed by atoms with E-state index in [1.165, 1.54) is 6.20 Å². The number of pyridine rings is 1. The zero-order chi connectivity index (χ0) is 21.7. The molecule has 1 aliphatic rings. The molecule has 9 heteroatoms. The van der Waals surface area contributed by atoms with E-state index in [0.29, 0.717) is 6.07 Å². The van der Waals surface area contributed by atoms with Crippen LogP contribution in [0, 0.1) is 0 Å². The minimum Gasteiger partial charge on any atom is -0.350 e. The average molecular weight is 422 g/mol. The van der Waals surface area contributed by atoms with Crippen LogP contribution in [0.5, 0.6) is 0 Å². The number of amides is 1. The van der Waals surface area contributed by atoms with E-state index >= 15 is 0 Å². The summed E-state index contributed by atoms with van der Waals surface area (Å²) >= 11 is 0. The van der Waals surface area contributed by atoms with Gasteiger partial charge in [0, 0.05) is 45.5 Å². The summed E-state index contributed by atoms with van der Waals surface area (Å²) in [6.45, 7) is 4.67. The number of nitrogens with one attached hydrogen (secondary N) is 1. The van der Waals surface area contributed by atoms with E-state index < -0.39 is 29.8 Å². The Bertz CT molecular complexity index is 934. The van der Waals surface area contributed by atoms with Crippen LogP contribution in [-0.2, 0) is 30.6 Å². The number of hydrogen-bond donors (Lipinski definition) is 1. The van der Waals surface area contributed by atoms with Gasteiger partial charge in [-0.1, -0.05) is 24.3 Å². The average Bonchev–Trinajstić information content (AvgIpc) is 2.69. The number of aromatic nitrogens is 1. The molecular weight excluding hydrogens is 397 g/mol. The summed E-state index contributed by atoms with van der Waals surface area (Å²) in [4.78, 5) is 28.8. The van der Waals surface area contributed by atoms with Crippen molar-refractivity contribution < 1.29 is 18.0 Å². The lowest BCUT2D eigenvalue weighted by atomic mass is 10.1. The standard InChI is InChI=1S/C21H25F3N4O2/c1-26-8-10-27(11-9-26)14-17-5-2-4-16(12-17)13-25-19(29)15-28-7-3-6-18(20(28)30)21(22,23)24/h2-7,12H,8-11,13-15H2,1H3,(H,25,29). The van der Waals surface area contributed by atoms with Gasteiger partial charge in [-0.3, -0.25) is 14.5 Å². The molecular formula is C21H25F3N4O2. The molecule has 1 saturated heterocycles. The third-order valence-electron chi connectivity index (χ3n) is 5.12. The molecule has 2 heterocycles. The SMILES string of the molecule is CN1CCN(Cc2cccc(CNC(=O)Cn3cccc(C(F)(F)F)c3=O)c2)CC1. The second-order valence-corrected chi connectivity index (χ2v) is 7.53. The maximum absolute atomic E-state index is 12.8. The number of carbonyl (C=O) groups excluding carboxylic acids is 1. The Kier molecular flexibility index (Phi) is 6.94. The van der Waals surface area contributed by atoms with Crippen molar-refractivity contribution in [2.45, 2.75) is 25.8 Å². The lowest BCUT2D eigenvalue weighted by Crippen LogP contribution is -2.43. The molecule has 3 rings (SSSR count). The highest BCUT2D eigenvalue weighted by Gasteiger charge is 2.34. The van der Waals surface area contributed by atoms with E-state index in [1.54, 1.807) is 0 Å². The molecule has 0 unspecified atom stereocenters. The minimum atomic E-state index is -4.75. The molecule has 1 N–H and O–H groups in total. The number of carbonyl (C=O) groups is 1. The molecule has 1 aliphatic heterocycles. The molecule has 0 radical (unpaired) electrons. The number of alkyl halides is 3. The number of likely N-dealkylation sites (N-methyl/N-ethyl adjacent to an activating group) is 1. The lowest BCUT2D eigenvalue weighted by molar-refractivity contribution is -0.139. The minimum absolute atomic E-state index is 0.239. The first-order valence-electron chi connectivity index (χ1n) is 9.74. The highest BCUT2D eigenvalue weighted by molar-refractivity contribution is 5.75. The number of halogens is 3. The molecule has 0 spiro atoms. The Morgan fingerprint density at radius 1 is 1.07 bits per heavy atom. The predicted molar refractivity (Wildman–Crippen MR) is 107 cm³/mol. The number of piperazine rings is 1. The Labute approximate surface area is 172 Å². The van der Waals surface area contributed by atoms with Crippen LogP contribution < -0.4 is 10.9 Å². The predicted octanol–water partition coefficient (Wildman–Crippen LogP) is 1.93. The molecule has 0 saturated carbocycles. The second-order valence-electron chi connectivity index (χ2n) is 7.53. The van der Waals surface area contributed by atoms with E-state index in [4.69, 9.17) is 0 Å². The van der Waals surface area contributed by atoms with Crippen molar-refractivity contribution in [2.24, 2.45) is 0 Å². The zero-order valence-electron chi connectivity index (χ0n) is 16.8. The fraction of sp³-hybridized carbons (Fsp3) is 0.429. The van der Waals surface area contributed by atoms with Gasteiger partial charge < -0.3 is 14.8 Å². The third-order valence-corrected chi connectivity index (χ3v) is 5.12. The molecule has 0 atom stereocenters. The van der Waals surface area contributed by atoms with Crippen LogP contribution in [0.25, 0.3) is 0 Å². The quantitative estimate of drug-likeness (QED) is 0.773. The highest BCUT2D eigenvalue weighted by atomic mass is 19.4. The van der Waals surface area contributed by atoms with E-state index in [1.807, 2.05) is 24.3 Å². The van der Waals surface area contributed by atoms with E-state index in [0.717, 1.165) is 54.5 Å². The van der Waals surface area contributed by atoms with E-state index in [9.17, 15) is 22.8 Å². The van der Waals surface area contributed by atoms with Crippen molar-refractivity contribution >= 4 is 5.91 Å². The van der Waals surface area contributed by atoms with Crippen LogP contribution in [0.4, 0.5) is 13.2 Å². The van der Waals surface area contributed by atoms with Crippen LogP contribution in [0.2, 0.25) is 0 Å². The van der Waals surface area contributed by atoms with Gasteiger partial charge in [-0.05, 0) is 30.3 Å². The summed E-state index contributed by atoms with van der Waals surface area (Å²) in [5.41, 5.74) is -0.476. The van der Waals surface area contributed by atoms with Crippen LogP contribution in [0.3, 0.4) is 0 Å². The fourth-order valence-corrected chi connectivity index (χ4v) is 3.39. The van der Waals surface area contributed by atoms with Gasteiger partial charge in [-0.2, -0.15) is 13.2 Å². The Morgan fingerprint density at radius 2 is 1.77 bits per heavy atom. The maximum Gasteiger partial charge on any atom is 0.421 e. The van der Waals surface area contributed by atoms with E-state index in [2.05, 4.69) is 22.2 Å². The van der Waals surface area contributed by atoms with Gasteiger partial charge in [-0.25, -0.2) is 0 Å². The summed E-state index contributed by atoms with van der Waals surface area (Å²) < 4.78 is 39.3. The van der Waals surface area contributed by atoms with Crippen LogP contribution in [0.15, 0.2) is 47.4 Å². The Balaban J connectivity index is 1.56. The van der Waals surface area contributed by atoms with Gasteiger partial charge in [0.1, 0.15) is 12.1 Å². The molecule has 0 aliphatic carbocycles. The Hall–Kier alpha value is -2.65. The number of hydrogen-bond acceptors (Lipinski definition) is 4. The first-order valence-corrected chi connectivity index (χ1v) is 9.74. The summed E-state index contributed by atoms with van der Waals surface area (Å²) in [5.74, 6) is -0.527. The summed E-state index contributed by atoms with van der Waals surface area (Å²) in [7, 11) is 2.11. The van der Waals surface area contributed by atoms with Crippen molar-refractivity contribution in [3.8, 4) is 0 Å². The van der Waals surface area contributed by atoms with E-state index in [-0.39, 0.29) is 6.54 Å². The first-order chi connectivity index (χ1) is 14.2. The molecule has 1 fully saturated rings. The van der Waals surface area contributed by atoms with Gasteiger partial charge >= 0.3 is 6.18 Å². The maximum atomic E-state index is 12.8. The molecule has 1 amide bonds. The number of rotatable bonds is 6. The molecule has 1 aromatic carbocycles. The Morgan fingerprint density at radius 3 is 2.47 bits per heavy atom. The van der Waals surface area contributed by atoms with Crippen LogP contribution >= 0.6 is 0 Å². The molecule has 2 aromatic rings. The van der Waals surface area contributed by atoms with Gasteiger partial charge in [-0.15, -0.1) is 0 Å². The smallest absolute Gasteiger partial charge is 0.350 e. The zero-order valence-corrected chi connectivity index (χ0v) is 16.8. The van der Waals surface area contributed by atoms with Gasteiger partial charge in [0.2, 0.25) is 5.91 Å². The topological polar surface area (TPSA) is 57.6 Å². The molecule has 162 valence electrons. The second kappa shape index (κ2) is 9.44. The van der Waals surface area contributed by atoms with Crippen molar-refractivity contribution in [1.82, 2.24) is 19.7 Å². The molecule has 6 nitrogen and oxygen atoms in total. The van der Waals surface area contributed by atoms with Crippen LogP contribution in [0.1, 0.15) is 16.7 Å². The molecule has 30 heavy (non-hydrogen) atoms. The monoisotopic (exact) mass is 422 g/mol. The lowest BCUT2D eigenvalue weighted by Gasteiger charge is -2.32. The number of nitrogens with zero attached hydrogens (tertiary/aromatic N) is 3.